The molecule has 1 aliphatic rings. The number of anilines is 1. The molecule has 0 amide bonds. The van der Waals surface area contributed by atoms with E-state index >= 15 is 0 Å². The van der Waals surface area contributed by atoms with Gasteiger partial charge in [0, 0.05) is 49.9 Å². The zero-order chi connectivity index (χ0) is 11.9. The summed E-state index contributed by atoms with van der Waals surface area (Å²) in [5, 5.41) is 3.46. The first-order chi connectivity index (χ1) is 8.36. The summed E-state index contributed by atoms with van der Waals surface area (Å²) in [6.45, 7) is 5.53. The van der Waals surface area contributed by atoms with E-state index in [-0.39, 0.29) is 0 Å². The van der Waals surface area contributed by atoms with Gasteiger partial charge in [0.2, 0.25) is 0 Å². The second-order valence-corrected chi connectivity index (χ2v) is 5.55. The third-order valence-corrected chi connectivity index (χ3v) is 4.02. The molecule has 1 aliphatic heterocycles. The number of nitrogen functional groups attached to an aromatic ring is 1. The molecule has 0 bridgehead atoms. The minimum atomic E-state index is 0.870. The van der Waals surface area contributed by atoms with Crippen LogP contribution >= 0.6 is 11.8 Å². The van der Waals surface area contributed by atoms with Gasteiger partial charge in [-0.2, -0.15) is 11.8 Å². The molecule has 1 heterocycles. The van der Waals surface area contributed by atoms with Crippen LogP contribution < -0.4 is 11.1 Å². The molecule has 0 aromatic heterocycles. The van der Waals surface area contributed by atoms with Crippen LogP contribution in [0.15, 0.2) is 24.3 Å². The molecule has 0 radical (unpaired) electrons. The van der Waals surface area contributed by atoms with Gasteiger partial charge >= 0.3 is 0 Å². The Morgan fingerprint density at radius 1 is 1.24 bits per heavy atom. The highest BCUT2D eigenvalue weighted by atomic mass is 32.2. The van der Waals surface area contributed by atoms with Crippen LogP contribution in [0, 0.1) is 0 Å². The van der Waals surface area contributed by atoms with Gasteiger partial charge in [-0.15, -0.1) is 0 Å². The van der Waals surface area contributed by atoms with Crippen molar-refractivity contribution in [2.75, 3.05) is 43.4 Å². The van der Waals surface area contributed by atoms with Crippen molar-refractivity contribution in [1.29, 1.82) is 0 Å². The zero-order valence-corrected chi connectivity index (χ0v) is 11.0. The van der Waals surface area contributed by atoms with Gasteiger partial charge in [-0.05, 0) is 11.6 Å². The summed E-state index contributed by atoms with van der Waals surface area (Å²) in [6, 6.07) is 8.05. The predicted molar refractivity (Wildman–Crippen MR) is 76.3 cm³/mol. The maximum Gasteiger partial charge on any atom is 0.0359 e. The van der Waals surface area contributed by atoms with Crippen molar-refractivity contribution >= 4 is 17.4 Å². The number of hydrogen-bond donors (Lipinski definition) is 2. The lowest BCUT2D eigenvalue weighted by Gasteiger charge is -2.26. The summed E-state index contributed by atoms with van der Waals surface area (Å²) in [5.41, 5.74) is 7.97. The Morgan fingerprint density at radius 2 is 2.00 bits per heavy atom. The Morgan fingerprint density at radius 3 is 2.76 bits per heavy atom. The standard InChI is InChI=1S/C13H21N3S/c14-13-4-2-1-3-12(13)11-15-5-6-16-7-9-17-10-8-16/h1-4,15H,5-11,14H2. The molecule has 0 spiro atoms. The number of thioether (sulfide) groups is 1. The van der Waals surface area contributed by atoms with E-state index in [0.29, 0.717) is 0 Å². The van der Waals surface area contributed by atoms with Crippen molar-refractivity contribution in [2.24, 2.45) is 0 Å². The molecule has 1 aromatic rings. The third kappa shape index (κ3) is 4.22. The van der Waals surface area contributed by atoms with E-state index in [0.717, 1.165) is 25.3 Å². The molecule has 1 saturated heterocycles. The van der Waals surface area contributed by atoms with Crippen LogP contribution in [-0.2, 0) is 6.54 Å². The molecule has 0 saturated carbocycles. The van der Waals surface area contributed by atoms with Gasteiger partial charge in [-0.3, -0.25) is 0 Å². The van der Waals surface area contributed by atoms with Crippen LogP contribution in [0.5, 0.6) is 0 Å². The second kappa shape index (κ2) is 6.89. The molecule has 2 rings (SSSR count). The summed E-state index contributed by atoms with van der Waals surface area (Å²) in [4.78, 5) is 2.53. The lowest BCUT2D eigenvalue weighted by atomic mass is 10.2. The monoisotopic (exact) mass is 251 g/mol. The van der Waals surface area contributed by atoms with Crippen LogP contribution in [0.25, 0.3) is 0 Å². The fraction of sp³-hybridized carbons (Fsp3) is 0.538. The Bertz CT molecular complexity index is 337. The number of hydrogen-bond acceptors (Lipinski definition) is 4. The Hall–Kier alpha value is -0.710. The number of benzene rings is 1. The highest BCUT2D eigenvalue weighted by molar-refractivity contribution is 7.99. The van der Waals surface area contributed by atoms with Gasteiger partial charge in [0.1, 0.15) is 0 Å². The largest absolute Gasteiger partial charge is 0.398 e. The second-order valence-electron chi connectivity index (χ2n) is 4.33. The van der Waals surface area contributed by atoms with E-state index in [1.165, 1.54) is 30.2 Å². The van der Waals surface area contributed by atoms with Gasteiger partial charge in [0.15, 0.2) is 0 Å². The Balaban J connectivity index is 1.64. The van der Waals surface area contributed by atoms with Crippen molar-refractivity contribution in [3.8, 4) is 0 Å². The number of rotatable bonds is 5. The number of para-hydroxylation sites is 1. The summed E-state index contributed by atoms with van der Waals surface area (Å²) in [7, 11) is 0. The smallest absolute Gasteiger partial charge is 0.0359 e. The van der Waals surface area contributed by atoms with Gasteiger partial charge in [-0.25, -0.2) is 0 Å². The Labute approximate surface area is 108 Å². The van der Waals surface area contributed by atoms with Crippen LogP contribution in [0.3, 0.4) is 0 Å². The zero-order valence-electron chi connectivity index (χ0n) is 10.2. The first-order valence-electron chi connectivity index (χ1n) is 6.20. The average molecular weight is 251 g/mol. The molecule has 3 N–H and O–H groups in total. The summed E-state index contributed by atoms with van der Waals surface area (Å²) in [6.07, 6.45) is 0. The quantitative estimate of drug-likeness (QED) is 0.613. The summed E-state index contributed by atoms with van der Waals surface area (Å²) in [5.74, 6) is 2.57. The normalized spacial score (nSPS) is 17.2. The number of nitrogens with two attached hydrogens (primary N) is 1. The van der Waals surface area contributed by atoms with E-state index in [9.17, 15) is 0 Å². The highest BCUT2D eigenvalue weighted by Crippen LogP contribution is 2.10. The lowest BCUT2D eigenvalue weighted by molar-refractivity contribution is 0.301. The van der Waals surface area contributed by atoms with Crippen LogP contribution in [0.1, 0.15) is 5.56 Å². The van der Waals surface area contributed by atoms with Crippen molar-refractivity contribution in [3.63, 3.8) is 0 Å². The Kier molecular flexibility index (Phi) is 5.16. The summed E-state index contributed by atoms with van der Waals surface area (Å²) >= 11 is 2.06. The molecule has 0 atom stereocenters. The molecule has 4 heteroatoms. The van der Waals surface area contributed by atoms with Crippen molar-refractivity contribution in [3.05, 3.63) is 29.8 Å². The van der Waals surface area contributed by atoms with Gasteiger partial charge < -0.3 is 16.0 Å². The molecule has 0 aliphatic carbocycles. The molecular formula is C13H21N3S. The SMILES string of the molecule is Nc1ccccc1CNCCN1CCSCC1. The van der Waals surface area contributed by atoms with E-state index in [1.807, 2.05) is 18.2 Å². The minimum absolute atomic E-state index is 0.870. The number of nitrogens with one attached hydrogen (secondary N) is 1. The topological polar surface area (TPSA) is 41.3 Å². The van der Waals surface area contributed by atoms with E-state index in [2.05, 4.69) is 28.0 Å². The first-order valence-corrected chi connectivity index (χ1v) is 7.36. The van der Waals surface area contributed by atoms with E-state index in [1.54, 1.807) is 0 Å². The molecule has 1 fully saturated rings. The summed E-state index contributed by atoms with van der Waals surface area (Å²) < 4.78 is 0. The fourth-order valence-electron chi connectivity index (χ4n) is 1.98. The molecule has 1 aromatic carbocycles. The first kappa shape index (κ1) is 12.7. The van der Waals surface area contributed by atoms with Crippen LogP contribution in [0.4, 0.5) is 5.69 Å². The predicted octanol–water partition coefficient (Wildman–Crippen LogP) is 1.41. The maximum atomic E-state index is 5.89. The lowest BCUT2D eigenvalue weighted by Crippen LogP contribution is -2.37. The fourth-order valence-corrected chi connectivity index (χ4v) is 2.96. The van der Waals surface area contributed by atoms with Crippen LogP contribution in [0.2, 0.25) is 0 Å². The van der Waals surface area contributed by atoms with Crippen molar-refractivity contribution in [2.45, 2.75) is 6.54 Å². The molecular weight excluding hydrogens is 230 g/mol. The maximum absolute atomic E-state index is 5.89. The van der Waals surface area contributed by atoms with Gasteiger partial charge in [-0.1, -0.05) is 18.2 Å². The van der Waals surface area contributed by atoms with Crippen molar-refractivity contribution < 1.29 is 0 Å². The van der Waals surface area contributed by atoms with Crippen LogP contribution in [-0.4, -0.2) is 42.6 Å². The average Bonchev–Trinajstić information content (AvgIpc) is 2.38. The van der Waals surface area contributed by atoms with Gasteiger partial charge in [0.25, 0.3) is 0 Å². The molecule has 3 nitrogen and oxygen atoms in total. The van der Waals surface area contributed by atoms with E-state index < -0.39 is 0 Å². The van der Waals surface area contributed by atoms with E-state index in [4.69, 9.17) is 5.73 Å². The highest BCUT2D eigenvalue weighted by Gasteiger charge is 2.08. The van der Waals surface area contributed by atoms with Crippen molar-refractivity contribution in [1.82, 2.24) is 10.2 Å². The minimum Gasteiger partial charge on any atom is -0.398 e. The number of nitrogens with zero attached hydrogens (tertiary/aromatic N) is 1. The third-order valence-electron chi connectivity index (χ3n) is 3.08. The molecule has 0 unspecified atom stereocenters. The van der Waals surface area contributed by atoms with Gasteiger partial charge in [0.05, 0.1) is 0 Å². The molecule has 94 valence electrons. The molecule has 17 heavy (non-hydrogen) atoms.